The van der Waals surface area contributed by atoms with Gasteiger partial charge in [-0.05, 0) is 36.6 Å². The summed E-state index contributed by atoms with van der Waals surface area (Å²) in [6, 6.07) is 12.0. The summed E-state index contributed by atoms with van der Waals surface area (Å²) in [6.45, 7) is -1.07. The molecule has 0 aliphatic carbocycles. The molecule has 0 atom stereocenters. The topological polar surface area (TPSA) is 73.9 Å². The van der Waals surface area contributed by atoms with Crippen molar-refractivity contribution in [3.63, 3.8) is 0 Å². The lowest BCUT2D eigenvalue weighted by Gasteiger charge is -2.12. The molecule has 1 amide bonds. The lowest BCUT2D eigenvalue weighted by molar-refractivity contribution is -0.147. The quantitative estimate of drug-likeness (QED) is 0.613. The monoisotopic (exact) mass is 407 g/mol. The third kappa shape index (κ3) is 7.77. The fourth-order valence-corrected chi connectivity index (χ4v) is 2.53. The molecule has 2 aromatic rings. The van der Waals surface area contributed by atoms with E-state index in [2.05, 4.69) is 10.1 Å². The zero-order valence-electron chi connectivity index (χ0n) is 16.2. The molecule has 1 N–H and O–H groups in total. The summed E-state index contributed by atoms with van der Waals surface area (Å²) in [5, 5.41) is 2.63. The van der Waals surface area contributed by atoms with Gasteiger partial charge in [-0.1, -0.05) is 35.9 Å². The Bertz CT molecular complexity index is 824. The molecule has 29 heavy (non-hydrogen) atoms. The molecule has 0 aromatic heterocycles. The number of alkyl halides is 2. The second-order valence-corrected chi connectivity index (χ2v) is 6.29. The number of nitrogens with one attached hydrogen (secondary N) is 1. The molecule has 0 aliphatic heterocycles. The van der Waals surface area contributed by atoms with Gasteiger partial charge in [0.05, 0.1) is 13.5 Å². The van der Waals surface area contributed by atoms with Crippen molar-refractivity contribution in [2.75, 3.05) is 20.3 Å². The summed E-state index contributed by atoms with van der Waals surface area (Å²) < 4.78 is 39.0. The molecule has 8 heteroatoms. The van der Waals surface area contributed by atoms with Crippen LogP contribution in [0.1, 0.15) is 16.7 Å². The van der Waals surface area contributed by atoms with Crippen molar-refractivity contribution in [2.24, 2.45) is 0 Å². The number of carbonyl (C=O) groups excluding carboxylic acids is 2. The molecular weight excluding hydrogens is 384 g/mol. The van der Waals surface area contributed by atoms with Gasteiger partial charge in [0.25, 0.3) is 5.91 Å². The van der Waals surface area contributed by atoms with Crippen LogP contribution in [0, 0.1) is 6.92 Å². The molecule has 0 bridgehead atoms. The zero-order valence-corrected chi connectivity index (χ0v) is 16.2. The molecule has 0 saturated carbocycles. The highest BCUT2D eigenvalue weighted by Gasteiger charge is 2.12. The Morgan fingerprint density at radius 2 is 1.72 bits per heavy atom. The van der Waals surface area contributed by atoms with E-state index in [9.17, 15) is 18.4 Å². The molecule has 0 radical (unpaired) electrons. The third-order valence-corrected chi connectivity index (χ3v) is 4.01. The fraction of sp³-hybridized carbons (Fsp3) is 0.333. The van der Waals surface area contributed by atoms with Crippen molar-refractivity contribution >= 4 is 11.9 Å². The maximum absolute atomic E-state index is 12.3. The smallest absolute Gasteiger partial charge is 0.387 e. The van der Waals surface area contributed by atoms with E-state index < -0.39 is 18.5 Å². The van der Waals surface area contributed by atoms with E-state index in [1.807, 2.05) is 31.2 Å². The summed E-state index contributed by atoms with van der Waals surface area (Å²) in [7, 11) is 1.35. The van der Waals surface area contributed by atoms with E-state index in [1.165, 1.54) is 13.2 Å². The summed E-state index contributed by atoms with van der Waals surface area (Å²) >= 11 is 0. The first-order valence-corrected chi connectivity index (χ1v) is 8.97. The molecule has 156 valence electrons. The van der Waals surface area contributed by atoms with Gasteiger partial charge >= 0.3 is 12.6 Å². The molecule has 0 fully saturated rings. The Balaban J connectivity index is 1.72. The Labute approximate surface area is 167 Å². The van der Waals surface area contributed by atoms with Gasteiger partial charge in [-0.25, -0.2) is 0 Å². The molecule has 0 saturated heterocycles. The number of methoxy groups -OCH3 is 1. The number of aryl methyl sites for hydroxylation is 1. The summed E-state index contributed by atoms with van der Waals surface area (Å²) in [6.07, 6.45) is 0.536. The predicted octanol–water partition coefficient (Wildman–Crippen LogP) is 3.05. The number of ether oxygens (including phenoxy) is 3. The number of amides is 1. The first-order chi connectivity index (χ1) is 13.9. The van der Waals surface area contributed by atoms with Crippen molar-refractivity contribution in [1.29, 1.82) is 0 Å². The molecule has 0 unspecified atom stereocenters. The van der Waals surface area contributed by atoms with E-state index in [1.54, 1.807) is 12.1 Å². The maximum atomic E-state index is 12.3. The number of esters is 1. The Hall–Kier alpha value is -3.16. The molecule has 0 spiro atoms. The number of hydrogen-bond donors (Lipinski definition) is 1. The number of carbonyl (C=O) groups is 2. The maximum Gasteiger partial charge on any atom is 0.387 e. The number of rotatable bonds is 10. The van der Waals surface area contributed by atoms with E-state index in [0.29, 0.717) is 6.42 Å². The first kappa shape index (κ1) is 22.1. The van der Waals surface area contributed by atoms with Crippen molar-refractivity contribution in [3.05, 3.63) is 59.2 Å². The van der Waals surface area contributed by atoms with Crippen LogP contribution in [0.5, 0.6) is 11.5 Å². The van der Waals surface area contributed by atoms with E-state index in [4.69, 9.17) is 9.47 Å². The van der Waals surface area contributed by atoms with Gasteiger partial charge in [0.2, 0.25) is 0 Å². The van der Waals surface area contributed by atoms with Crippen LogP contribution in [0.4, 0.5) is 8.78 Å². The van der Waals surface area contributed by atoms with E-state index in [-0.39, 0.29) is 31.1 Å². The van der Waals surface area contributed by atoms with Crippen LogP contribution in [-0.2, 0) is 27.2 Å². The average molecular weight is 407 g/mol. The van der Waals surface area contributed by atoms with Gasteiger partial charge in [-0.2, -0.15) is 8.78 Å². The molecule has 6 nitrogen and oxygen atoms in total. The van der Waals surface area contributed by atoms with Gasteiger partial charge in [0.15, 0.2) is 18.1 Å². The van der Waals surface area contributed by atoms with Crippen molar-refractivity contribution in [1.82, 2.24) is 5.32 Å². The largest absolute Gasteiger partial charge is 0.493 e. The standard InChI is InChI=1S/C21H23F2NO5/c1-14-3-5-15(6-4-14)12-20(26)28-13-19(25)24-10-9-16-7-8-17(29-21(22)23)18(11-16)27-2/h3-8,11,21H,9-10,12-13H2,1-2H3,(H,24,25). The summed E-state index contributed by atoms with van der Waals surface area (Å²) in [4.78, 5) is 23.6. The van der Waals surface area contributed by atoms with Gasteiger partial charge in [-0.3, -0.25) is 9.59 Å². The number of benzene rings is 2. The van der Waals surface area contributed by atoms with Gasteiger partial charge in [0, 0.05) is 6.54 Å². The van der Waals surface area contributed by atoms with Crippen molar-refractivity contribution in [3.8, 4) is 11.5 Å². The summed E-state index contributed by atoms with van der Waals surface area (Å²) in [5.74, 6) is -0.787. The highest BCUT2D eigenvalue weighted by molar-refractivity contribution is 5.81. The van der Waals surface area contributed by atoms with Gasteiger partial charge < -0.3 is 19.5 Å². The highest BCUT2D eigenvalue weighted by atomic mass is 19.3. The minimum absolute atomic E-state index is 0.0595. The first-order valence-electron chi connectivity index (χ1n) is 8.97. The molecule has 2 rings (SSSR count). The average Bonchev–Trinajstić information content (AvgIpc) is 2.69. The van der Waals surface area contributed by atoms with Crippen LogP contribution < -0.4 is 14.8 Å². The second kappa shape index (κ2) is 11.0. The predicted molar refractivity (Wildman–Crippen MR) is 102 cm³/mol. The van der Waals surface area contributed by atoms with Crippen LogP contribution in [0.25, 0.3) is 0 Å². The van der Waals surface area contributed by atoms with Crippen LogP contribution in [0.15, 0.2) is 42.5 Å². The van der Waals surface area contributed by atoms with Crippen LogP contribution in [0.3, 0.4) is 0 Å². The summed E-state index contributed by atoms with van der Waals surface area (Å²) in [5.41, 5.74) is 2.67. The Morgan fingerprint density at radius 1 is 1.03 bits per heavy atom. The highest BCUT2D eigenvalue weighted by Crippen LogP contribution is 2.29. The van der Waals surface area contributed by atoms with E-state index >= 15 is 0 Å². The van der Waals surface area contributed by atoms with Crippen LogP contribution in [-0.4, -0.2) is 38.7 Å². The van der Waals surface area contributed by atoms with Crippen molar-refractivity contribution in [2.45, 2.75) is 26.4 Å². The lowest BCUT2D eigenvalue weighted by Crippen LogP contribution is -2.30. The van der Waals surface area contributed by atoms with Gasteiger partial charge in [-0.15, -0.1) is 0 Å². The molecule has 2 aromatic carbocycles. The SMILES string of the molecule is COc1cc(CCNC(=O)COC(=O)Cc2ccc(C)cc2)ccc1OC(F)F. The normalized spacial score (nSPS) is 10.5. The third-order valence-electron chi connectivity index (χ3n) is 4.01. The lowest BCUT2D eigenvalue weighted by atomic mass is 10.1. The number of halogens is 2. The zero-order chi connectivity index (χ0) is 21.2. The minimum atomic E-state index is -2.94. The minimum Gasteiger partial charge on any atom is -0.493 e. The Morgan fingerprint density at radius 3 is 2.38 bits per heavy atom. The Kier molecular flexibility index (Phi) is 8.39. The molecule has 0 heterocycles. The van der Waals surface area contributed by atoms with Crippen LogP contribution >= 0.6 is 0 Å². The second-order valence-electron chi connectivity index (χ2n) is 6.29. The fourth-order valence-electron chi connectivity index (χ4n) is 2.53. The van der Waals surface area contributed by atoms with Crippen LogP contribution in [0.2, 0.25) is 0 Å². The van der Waals surface area contributed by atoms with E-state index in [0.717, 1.165) is 16.7 Å². The molecular formula is C21H23F2NO5. The number of hydrogen-bond acceptors (Lipinski definition) is 5. The molecule has 0 aliphatic rings. The van der Waals surface area contributed by atoms with Gasteiger partial charge in [0.1, 0.15) is 0 Å². The van der Waals surface area contributed by atoms with Crippen molar-refractivity contribution < 1.29 is 32.6 Å².